The lowest BCUT2D eigenvalue weighted by atomic mass is 9.96. The van der Waals surface area contributed by atoms with Gasteiger partial charge in [0.25, 0.3) is 0 Å². The molecule has 3 heteroatoms. The average Bonchev–Trinajstić information content (AvgIpc) is 2.59. The minimum absolute atomic E-state index is 0.330. The zero-order valence-corrected chi connectivity index (χ0v) is 16.8. The molecule has 0 aliphatic carbocycles. The number of rotatable bonds is 20. The van der Waals surface area contributed by atoms with E-state index in [0.29, 0.717) is 13.0 Å². The van der Waals surface area contributed by atoms with E-state index in [-0.39, 0.29) is 0 Å². The molecule has 0 aromatic heterocycles. The molecule has 0 bridgehead atoms. The Morgan fingerprint density at radius 3 is 1.40 bits per heavy atom. The fourth-order valence-corrected chi connectivity index (χ4v) is 3.46. The topological polar surface area (TPSA) is 57.5 Å². The molecule has 0 aromatic carbocycles. The number of carboxylic acids is 1. The molecule has 0 spiro atoms. The Bertz CT molecular complexity index is 278. The summed E-state index contributed by atoms with van der Waals surface area (Å²) in [5, 5.41) is 17.3. The van der Waals surface area contributed by atoms with Crippen LogP contribution in [0.3, 0.4) is 0 Å². The van der Waals surface area contributed by atoms with Crippen LogP contribution in [0.15, 0.2) is 0 Å². The number of aliphatic hydroxyl groups is 1. The van der Waals surface area contributed by atoms with Gasteiger partial charge in [0.2, 0.25) is 0 Å². The van der Waals surface area contributed by atoms with Crippen LogP contribution in [0.2, 0.25) is 0 Å². The second-order valence-electron chi connectivity index (χ2n) is 7.85. The van der Waals surface area contributed by atoms with E-state index in [1.807, 2.05) is 0 Å². The first-order valence-corrected chi connectivity index (χ1v) is 11.0. The van der Waals surface area contributed by atoms with Crippen molar-refractivity contribution in [2.45, 2.75) is 122 Å². The summed E-state index contributed by atoms with van der Waals surface area (Å²) in [6.07, 6.45) is 22.0. The molecule has 0 amide bonds. The SMILES string of the molecule is CC(CCCCCCCCCCCCCCCO)CCCCC(=O)O. The highest BCUT2D eigenvalue weighted by atomic mass is 16.4. The molecule has 0 rings (SSSR count). The Labute approximate surface area is 156 Å². The monoisotopic (exact) mass is 356 g/mol. The minimum atomic E-state index is -0.661. The van der Waals surface area contributed by atoms with E-state index in [2.05, 4.69) is 6.92 Å². The van der Waals surface area contributed by atoms with Crippen molar-refractivity contribution in [3.05, 3.63) is 0 Å². The fraction of sp³-hybridized carbons (Fsp3) is 0.955. The lowest BCUT2D eigenvalue weighted by Crippen LogP contribution is -1.98. The van der Waals surface area contributed by atoms with Crippen molar-refractivity contribution in [3.63, 3.8) is 0 Å². The molecule has 3 nitrogen and oxygen atoms in total. The number of aliphatic carboxylic acids is 1. The lowest BCUT2D eigenvalue weighted by molar-refractivity contribution is -0.137. The highest BCUT2D eigenvalue weighted by Crippen LogP contribution is 2.18. The predicted molar refractivity (Wildman–Crippen MR) is 107 cm³/mol. The van der Waals surface area contributed by atoms with Crippen LogP contribution in [0, 0.1) is 5.92 Å². The smallest absolute Gasteiger partial charge is 0.303 e. The van der Waals surface area contributed by atoms with E-state index in [0.717, 1.165) is 25.2 Å². The molecule has 0 aromatic rings. The molecular weight excluding hydrogens is 312 g/mol. The van der Waals surface area contributed by atoms with Crippen molar-refractivity contribution < 1.29 is 15.0 Å². The highest BCUT2D eigenvalue weighted by molar-refractivity contribution is 5.66. The van der Waals surface area contributed by atoms with Gasteiger partial charge in [0, 0.05) is 13.0 Å². The van der Waals surface area contributed by atoms with Crippen LogP contribution in [-0.4, -0.2) is 22.8 Å². The van der Waals surface area contributed by atoms with Crippen LogP contribution in [-0.2, 0) is 4.79 Å². The average molecular weight is 357 g/mol. The van der Waals surface area contributed by atoms with Crippen molar-refractivity contribution >= 4 is 5.97 Å². The first-order valence-electron chi connectivity index (χ1n) is 11.0. The summed E-state index contributed by atoms with van der Waals surface area (Å²) in [5.41, 5.74) is 0. The highest BCUT2D eigenvalue weighted by Gasteiger charge is 2.03. The molecule has 0 aliphatic heterocycles. The van der Waals surface area contributed by atoms with Crippen LogP contribution in [0.5, 0.6) is 0 Å². The second kappa shape index (κ2) is 19.8. The molecule has 0 fully saturated rings. The second-order valence-corrected chi connectivity index (χ2v) is 7.85. The van der Waals surface area contributed by atoms with E-state index < -0.39 is 5.97 Å². The van der Waals surface area contributed by atoms with Gasteiger partial charge in [0.15, 0.2) is 0 Å². The molecule has 25 heavy (non-hydrogen) atoms. The van der Waals surface area contributed by atoms with Crippen LogP contribution < -0.4 is 0 Å². The van der Waals surface area contributed by atoms with Crippen molar-refractivity contribution in [1.82, 2.24) is 0 Å². The van der Waals surface area contributed by atoms with E-state index in [4.69, 9.17) is 10.2 Å². The van der Waals surface area contributed by atoms with Gasteiger partial charge in [0.1, 0.15) is 0 Å². The molecule has 150 valence electrons. The first kappa shape index (κ1) is 24.4. The molecule has 2 N–H and O–H groups in total. The summed E-state index contributed by atoms with van der Waals surface area (Å²) in [6.45, 7) is 2.66. The molecule has 0 saturated heterocycles. The number of carbonyl (C=O) groups is 1. The van der Waals surface area contributed by atoms with Gasteiger partial charge >= 0.3 is 5.97 Å². The number of hydrogen-bond acceptors (Lipinski definition) is 2. The van der Waals surface area contributed by atoms with Crippen molar-refractivity contribution in [2.75, 3.05) is 6.61 Å². The maximum atomic E-state index is 10.5. The lowest BCUT2D eigenvalue weighted by Gasteiger charge is -2.10. The predicted octanol–water partition coefficient (Wildman–Crippen LogP) is 6.72. The Hall–Kier alpha value is -0.570. The van der Waals surface area contributed by atoms with Crippen LogP contribution >= 0.6 is 0 Å². The maximum absolute atomic E-state index is 10.5. The third kappa shape index (κ3) is 21.4. The molecule has 1 unspecified atom stereocenters. The summed E-state index contributed by atoms with van der Waals surface area (Å²) >= 11 is 0. The van der Waals surface area contributed by atoms with Gasteiger partial charge in [-0.2, -0.15) is 0 Å². The van der Waals surface area contributed by atoms with Gasteiger partial charge in [-0.25, -0.2) is 0 Å². The van der Waals surface area contributed by atoms with Crippen molar-refractivity contribution in [1.29, 1.82) is 0 Å². The Balaban J connectivity index is 3.12. The zero-order valence-electron chi connectivity index (χ0n) is 16.8. The van der Waals surface area contributed by atoms with E-state index >= 15 is 0 Å². The zero-order chi connectivity index (χ0) is 18.6. The van der Waals surface area contributed by atoms with Crippen LogP contribution in [0.25, 0.3) is 0 Å². The maximum Gasteiger partial charge on any atom is 0.303 e. The normalized spacial score (nSPS) is 12.4. The quantitative estimate of drug-likeness (QED) is 0.238. The summed E-state index contributed by atoms with van der Waals surface area (Å²) in [7, 11) is 0. The fourth-order valence-electron chi connectivity index (χ4n) is 3.46. The molecule has 1 atom stereocenters. The molecule has 0 saturated carbocycles. The standard InChI is InChI=1S/C22H44O3/c1-21(18-14-15-19-22(24)25)17-13-11-9-7-5-3-2-4-6-8-10-12-16-20-23/h21,23H,2-20H2,1H3,(H,24,25). The van der Waals surface area contributed by atoms with Gasteiger partial charge < -0.3 is 10.2 Å². The summed E-state index contributed by atoms with van der Waals surface area (Å²) < 4.78 is 0. The van der Waals surface area contributed by atoms with E-state index in [1.54, 1.807) is 0 Å². The first-order chi connectivity index (χ1) is 12.2. The Kier molecular flexibility index (Phi) is 19.3. The van der Waals surface area contributed by atoms with Crippen LogP contribution in [0.1, 0.15) is 122 Å². The number of aliphatic hydroxyl groups excluding tert-OH is 1. The van der Waals surface area contributed by atoms with Gasteiger partial charge in [-0.05, 0) is 18.8 Å². The van der Waals surface area contributed by atoms with Gasteiger partial charge in [-0.1, -0.05) is 103 Å². The van der Waals surface area contributed by atoms with Crippen molar-refractivity contribution in [3.8, 4) is 0 Å². The molecule has 0 radical (unpaired) electrons. The number of carboxylic acid groups (broad SMARTS) is 1. The Morgan fingerprint density at radius 1 is 0.640 bits per heavy atom. The van der Waals surface area contributed by atoms with Crippen LogP contribution in [0.4, 0.5) is 0 Å². The van der Waals surface area contributed by atoms with E-state index in [9.17, 15) is 4.79 Å². The third-order valence-corrected chi connectivity index (χ3v) is 5.19. The number of unbranched alkanes of at least 4 members (excludes halogenated alkanes) is 13. The number of hydrogen-bond donors (Lipinski definition) is 2. The van der Waals surface area contributed by atoms with Crippen molar-refractivity contribution in [2.24, 2.45) is 5.92 Å². The van der Waals surface area contributed by atoms with Gasteiger partial charge in [-0.15, -0.1) is 0 Å². The third-order valence-electron chi connectivity index (χ3n) is 5.19. The molecule has 0 heterocycles. The Morgan fingerprint density at radius 2 is 1.00 bits per heavy atom. The summed E-state index contributed by atoms with van der Waals surface area (Å²) in [6, 6.07) is 0. The van der Waals surface area contributed by atoms with Gasteiger partial charge in [-0.3, -0.25) is 4.79 Å². The largest absolute Gasteiger partial charge is 0.481 e. The molecule has 0 aliphatic rings. The van der Waals surface area contributed by atoms with E-state index in [1.165, 1.54) is 89.9 Å². The minimum Gasteiger partial charge on any atom is -0.481 e. The van der Waals surface area contributed by atoms with Gasteiger partial charge in [0.05, 0.1) is 0 Å². The molecular formula is C22H44O3. The summed E-state index contributed by atoms with van der Waals surface area (Å²) in [5.74, 6) is 0.0943. The summed E-state index contributed by atoms with van der Waals surface area (Å²) in [4.78, 5) is 10.5.